The van der Waals surface area contributed by atoms with E-state index in [0.717, 1.165) is 23.2 Å². The van der Waals surface area contributed by atoms with Crippen LogP contribution in [0.3, 0.4) is 0 Å². The molecule has 0 saturated carbocycles. The molecule has 6 rings (SSSR count). The van der Waals surface area contributed by atoms with Crippen molar-refractivity contribution in [2.45, 2.75) is 32.5 Å². The van der Waals surface area contributed by atoms with Gasteiger partial charge in [0.25, 0.3) is 0 Å². The van der Waals surface area contributed by atoms with Crippen molar-refractivity contribution in [3.8, 4) is 11.1 Å². The van der Waals surface area contributed by atoms with Gasteiger partial charge in [0.15, 0.2) is 5.65 Å². The minimum Gasteiger partial charge on any atom is -0.496 e. The van der Waals surface area contributed by atoms with Gasteiger partial charge < -0.3 is 14.2 Å². The quantitative estimate of drug-likeness (QED) is 0.550. The van der Waals surface area contributed by atoms with E-state index in [2.05, 4.69) is 20.3 Å². The second-order valence-electron chi connectivity index (χ2n) is 9.26. The van der Waals surface area contributed by atoms with Gasteiger partial charge in [-0.25, -0.2) is 9.37 Å². The van der Waals surface area contributed by atoms with Crippen molar-refractivity contribution in [2.75, 3.05) is 20.2 Å². The van der Waals surface area contributed by atoms with E-state index in [9.17, 15) is 4.79 Å². The van der Waals surface area contributed by atoms with Crippen LogP contribution >= 0.6 is 0 Å². The van der Waals surface area contributed by atoms with Gasteiger partial charge in [0.05, 0.1) is 31.7 Å². The summed E-state index contributed by atoms with van der Waals surface area (Å²) in [6.07, 6.45) is 9.31. The molecule has 1 saturated heterocycles. The highest BCUT2D eigenvalue weighted by molar-refractivity contribution is 5.91. The number of aryl methyl sites for hydroxylation is 1. The average Bonchev–Trinajstić information content (AvgIpc) is 3.46. The Labute approximate surface area is 207 Å². The molecule has 0 spiro atoms. The smallest absolute Gasteiger partial charge is 0.219 e. The number of likely N-dealkylation sites (tertiary alicyclic amines) is 1. The first-order valence-electron chi connectivity index (χ1n) is 12.0. The van der Waals surface area contributed by atoms with E-state index < -0.39 is 0 Å². The highest BCUT2D eigenvalue weighted by Crippen LogP contribution is 2.39. The second kappa shape index (κ2) is 8.54. The molecule has 1 amide bonds. The molecular weight excluding hydrogens is 461 g/mol. The Kier molecular flexibility index (Phi) is 5.31. The number of amides is 1. The molecule has 36 heavy (non-hydrogen) atoms. The third kappa shape index (κ3) is 3.47. The number of hydrogen-bond donors (Lipinski definition) is 0. The van der Waals surface area contributed by atoms with Gasteiger partial charge in [0, 0.05) is 55.4 Å². The van der Waals surface area contributed by atoms with Crippen molar-refractivity contribution < 1.29 is 13.9 Å². The third-order valence-electron chi connectivity index (χ3n) is 7.23. The summed E-state index contributed by atoms with van der Waals surface area (Å²) < 4.78 is 22.9. The topological polar surface area (TPSA) is 88.7 Å². The number of allylic oxidation sites excluding steroid dienone is 1. The van der Waals surface area contributed by atoms with Crippen LogP contribution in [0.2, 0.25) is 0 Å². The van der Waals surface area contributed by atoms with E-state index >= 15 is 4.39 Å². The van der Waals surface area contributed by atoms with Crippen molar-refractivity contribution in [3.05, 3.63) is 60.0 Å². The summed E-state index contributed by atoms with van der Waals surface area (Å²) in [7, 11) is 1.59. The summed E-state index contributed by atoms with van der Waals surface area (Å²) in [5, 5.41) is 15.1. The fourth-order valence-electron chi connectivity index (χ4n) is 5.18. The van der Waals surface area contributed by atoms with Crippen LogP contribution < -0.4 is 0 Å². The van der Waals surface area contributed by atoms with Crippen LogP contribution in [0, 0.1) is 11.7 Å². The number of benzene rings is 1. The van der Waals surface area contributed by atoms with Crippen LogP contribution in [-0.4, -0.2) is 74.1 Å². The van der Waals surface area contributed by atoms with Crippen LogP contribution in [0.15, 0.2) is 53.7 Å². The molecule has 1 aliphatic carbocycles. The molecule has 1 fully saturated rings. The summed E-state index contributed by atoms with van der Waals surface area (Å²) in [6.45, 7) is 5.64. The van der Waals surface area contributed by atoms with E-state index in [4.69, 9.17) is 4.74 Å². The van der Waals surface area contributed by atoms with Gasteiger partial charge in [-0.05, 0) is 30.7 Å². The molecule has 0 bridgehead atoms. The number of nitrogens with zero attached hydrogens (tertiary/aromatic N) is 7. The minimum atomic E-state index is -0.341. The number of carbonyl (C=O) groups is 1. The number of fused-ring (bicyclic) bond motifs is 2. The monoisotopic (exact) mass is 487 g/mol. The zero-order valence-electron chi connectivity index (χ0n) is 20.3. The van der Waals surface area contributed by atoms with Gasteiger partial charge >= 0.3 is 0 Å². The van der Waals surface area contributed by atoms with E-state index in [-0.39, 0.29) is 29.7 Å². The van der Waals surface area contributed by atoms with Gasteiger partial charge in [-0.3, -0.25) is 9.80 Å². The molecule has 2 aromatic heterocycles. The number of halogens is 1. The van der Waals surface area contributed by atoms with Crippen LogP contribution in [0.4, 0.5) is 4.39 Å². The molecule has 4 heterocycles. The van der Waals surface area contributed by atoms with Crippen molar-refractivity contribution in [1.29, 1.82) is 0 Å². The highest BCUT2D eigenvalue weighted by Gasteiger charge is 2.42. The molecule has 3 aliphatic rings. The maximum atomic E-state index is 15.2. The molecule has 0 radical (unpaired) electrons. The summed E-state index contributed by atoms with van der Waals surface area (Å²) in [6, 6.07) is 5.15. The normalized spacial score (nSPS) is 21.3. The standard InChI is InChI=1S/C26H26FN7O2/c1-4-32-14-28-25-21(11-29-31-26(25)32)16-5-6-22(27)19(7-16)20-8-17-10-30-34(23(17)9-24(20)36-3)18-12-33(13-18)15(2)35/h5-11,14,17-18,23H,4,12-13H2,1-3H3. The molecule has 9 nitrogen and oxygen atoms in total. The Balaban J connectivity index is 1.34. The van der Waals surface area contributed by atoms with Crippen LogP contribution in [-0.2, 0) is 16.1 Å². The fourth-order valence-corrected chi connectivity index (χ4v) is 5.18. The summed E-state index contributed by atoms with van der Waals surface area (Å²) >= 11 is 0. The Morgan fingerprint density at radius 3 is 2.81 bits per heavy atom. The molecule has 1 aromatic carbocycles. The second-order valence-corrected chi connectivity index (χ2v) is 9.26. The Bertz CT molecular complexity index is 1450. The van der Waals surface area contributed by atoms with E-state index in [1.165, 1.54) is 6.07 Å². The number of hydrogen-bond acceptors (Lipinski definition) is 7. The lowest BCUT2D eigenvalue weighted by Gasteiger charge is -2.45. The fraction of sp³-hybridized carbons (Fsp3) is 0.346. The Morgan fingerprint density at radius 1 is 1.22 bits per heavy atom. The number of rotatable bonds is 5. The average molecular weight is 488 g/mol. The summed E-state index contributed by atoms with van der Waals surface area (Å²) in [4.78, 5) is 17.9. The zero-order chi connectivity index (χ0) is 25.0. The van der Waals surface area contributed by atoms with Crippen LogP contribution in [0.1, 0.15) is 19.4 Å². The molecule has 2 atom stereocenters. The predicted molar refractivity (Wildman–Crippen MR) is 133 cm³/mol. The third-order valence-corrected chi connectivity index (χ3v) is 7.23. The van der Waals surface area contributed by atoms with Gasteiger partial charge in [0.2, 0.25) is 5.91 Å². The predicted octanol–water partition coefficient (Wildman–Crippen LogP) is 3.10. The van der Waals surface area contributed by atoms with Crippen LogP contribution in [0.25, 0.3) is 27.9 Å². The Hall–Kier alpha value is -4.08. The molecule has 184 valence electrons. The van der Waals surface area contributed by atoms with Gasteiger partial charge in [-0.1, -0.05) is 12.1 Å². The van der Waals surface area contributed by atoms with Gasteiger partial charge in [0.1, 0.15) is 17.1 Å². The first-order valence-corrected chi connectivity index (χ1v) is 12.0. The van der Waals surface area contributed by atoms with E-state index in [0.29, 0.717) is 35.6 Å². The number of hydrazone groups is 1. The largest absolute Gasteiger partial charge is 0.496 e. The lowest BCUT2D eigenvalue weighted by Crippen LogP contribution is -2.60. The Morgan fingerprint density at radius 2 is 2.06 bits per heavy atom. The molecule has 2 unspecified atom stereocenters. The lowest BCUT2D eigenvalue weighted by atomic mass is 9.86. The molecule has 0 N–H and O–H groups in total. The maximum Gasteiger partial charge on any atom is 0.219 e. The number of ether oxygens (including phenoxy) is 1. The number of aromatic nitrogens is 4. The summed E-state index contributed by atoms with van der Waals surface area (Å²) in [5.74, 6) is 0.303. The number of imidazole rings is 1. The molecule has 2 aliphatic heterocycles. The molecule has 10 heteroatoms. The van der Waals surface area contributed by atoms with Crippen molar-refractivity contribution in [2.24, 2.45) is 11.0 Å². The van der Waals surface area contributed by atoms with E-state index in [1.807, 2.05) is 40.9 Å². The number of methoxy groups -OCH3 is 1. The van der Waals surface area contributed by atoms with Gasteiger partial charge in [-0.2, -0.15) is 10.2 Å². The maximum absolute atomic E-state index is 15.2. The van der Waals surface area contributed by atoms with E-state index in [1.54, 1.807) is 37.5 Å². The van der Waals surface area contributed by atoms with Gasteiger partial charge in [-0.15, -0.1) is 5.10 Å². The minimum absolute atomic E-state index is 0.0251. The van der Waals surface area contributed by atoms with Crippen molar-refractivity contribution >= 4 is 28.9 Å². The SMILES string of the molecule is CCn1cnc2c(-c3ccc(F)c(C4=CC5C=NN(C6CN(C(C)=O)C6)C5C=C4OC)c3)cnnc21. The first kappa shape index (κ1) is 22.4. The highest BCUT2D eigenvalue weighted by atomic mass is 19.1. The zero-order valence-corrected chi connectivity index (χ0v) is 20.3. The van der Waals surface area contributed by atoms with Crippen molar-refractivity contribution in [3.63, 3.8) is 0 Å². The molecular formula is C26H26FN7O2. The van der Waals surface area contributed by atoms with Crippen molar-refractivity contribution in [1.82, 2.24) is 29.7 Å². The lowest BCUT2D eigenvalue weighted by molar-refractivity contribution is -0.136. The first-order chi connectivity index (χ1) is 17.5. The summed E-state index contributed by atoms with van der Waals surface area (Å²) in [5.41, 5.74) is 4.13. The van der Waals surface area contributed by atoms with Crippen LogP contribution in [0.5, 0.6) is 0 Å². The molecule has 3 aromatic rings. The number of carbonyl (C=O) groups excluding carboxylic acids is 1.